The number of carbonyl (C=O) groups excluding carboxylic acids is 1. The maximum absolute atomic E-state index is 11.9. The van der Waals surface area contributed by atoms with Crippen molar-refractivity contribution in [1.29, 1.82) is 0 Å². The molecule has 0 radical (unpaired) electrons. The third-order valence-electron chi connectivity index (χ3n) is 3.07. The molecule has 1 aromatic carbocycles. The SMILES string of the molecule is CCC(NC(=O)c1cn[nH]n1)c1ccc(S(C)(=O)=O)cc1. The highest BCUT2D eigenvalue weighted by atomic mass is 32.2. The number of hydrogen-bond donors (Lipinski definition) is 2. The average Bonchev–Trinajstić information content (AvgIpc) is 2.98. The number of H-pyrrole nitrogens is 1. The summed E-state index contributed by atoms with van der Waals surface area (Å²) in [5.41, 5.74) is 1.04. The number of benzene rings is 1. The molecule has 0 aliphatic heterocycles. The van der Waals surface area contributed by atoms with Crippen LogP contribution in [0.3, 0.4) is 0 Å². The van der Waals surface area contributed by atoms with Crippen LogP contribution in [0.2, 0.25) is 0 Å². The Labute approximate surface area is 122 Å². The van der Waals surface area contributed by atoms with Crippen molar-refractivity contribution in [3.63, 3.8) is 0 Å². The first-order chi connectivity index (χ1) is 9.91. The van der Waals surface area contributed by atoms with Crippen LogP contribution >= 0.6 is 0 Å². The number of hydrogen-bond acceptors (Lipinski definition) is 5. The Kier molecular flexibility index (Phi) is 4.37. The van der Waals surface area contributed by atoms with Crippen molar-refractivity contribution in [3.8, 4) is 0 Å². The molecule has 0 saturated heterocycles. The summed E-state index contributed by atoms with van der Waals surface area (Å²) in [5.74, 6) is -0.331. The predicted octanol–water partition coefficient (Wildman–Crippen LogP) is 1.09. The lowest BCUT2D eigenvalue weighted by atomic mass is 10.0. The molecule has 1 unspecified atom stereocenters. The van der Waals surface area contributed by atoms with Gasteiger partial charge in [0.05, 0.1) is 17.1 Å². The van der Waals surface area contributed by atoms with Crippen molar-refractivity contribution in [1.82, 2.24) is 20.7 Å². The van der Waals surface area contributed by atoms with Crippen molar-refractivity contribution in [3.05, 3.63) is 41.7 Å². The van der Waals surface area contributed by atoms with Crippen molar-refractivity contribution < 1.29 is 13.2 Å². The lowest BCUT2D eigenvalue weighted by Crippen LogP contribution is -2.28. The number of aromatic amines is 1. The van der Waals surface area contributed by atoms with E-state index in [9.17, 15) is 13.2 Å². The molecule has 8 heteroatoms. The highest BCUT2D eigenvalue weighted by molar-refractivity contribution is 7.90. The first kappa shape index (κ1) is 15.2. The topological polar surface area (TPSA) is 105 Å². The van der Waals surface area contributed by atoms with Crippen LogP contribution < -0.4 is 5.32 Å². The second kappa shape index (κ2) is 6.04. The van der Waals surface area contributed by atoms with Gasteiger partial charge in [0.1, 0.15) is 0 Å². The Morgan fingerprint density at radius 3 is 2.48 bits per heavy atom. The van der Waals surface area contributed by atoms with Crippen LogP contribution in [0.5, 0.6) is 0 Å². The molecular formula is C13H16N4O3S. The highest BCUT2D eigenvalue weighted by Crippen LogP contribution is 2.19. The van der Waals surface area contributed by atoms with E-state index in [-0.39, 0.29) is 22.5 Å². The van der Waals surface area contributed by atoms with E-state index < -0.39 is 9.84 Å². The van der Waals surface area contributed by atoms with E-state index in [2.05, 4.69) is 20.7 Å². The number of aromatic nitrogens is 3. The number of nitrogens with one attached hydrogen (secondary N) is 2. The van der Waals surface area contributed by atoms with Crippen LogP contribution in [0, 0.1) is 0 Å². The monoisotopic (exact) mass is 308 g/mol. The third kappa shape index (κ3) is 3.66. The number of rotatable bonds is 5. The van der Waals surface area contributed by atoms with Gasteiger partial charge in [-0.2, -0.15) is 15.4 Å². The molecular weight excluding hydrogens is 292 g/mol. The van der Waals surface area contributed by atoms with E-state index in [0.29, 0.717) is 6.42 Å². The van der Waals surface area contributed by atoms with Gasteiger partial charge in [0, 0.05) is 6.26 Å². The predicted molar refractivity (Wildman–Crippen MR) is 76.4 cm³/mol. The minimum absolute atomic E-state index is 0.209. The third-order valence-corrected chi connectivity index (χ3v) is 4.20. The summed E-state index contributed by atoms with van der Waals surface area (Å²) in [5, 5.41) is 12.5. The van der Waals surface area contributed by atoms with E-state index in [4.69, 9.17) is 0 Å². The van der Waals surface area contributed by atoms with Gasteiger partial charge in [0.25, 0.3) is 5.91 Å². The van der Waals surface area contributed by atoms with Crippen LogP contribution in [0.15, 0.2) is 35.4 Å². The summed E-state index contributed by atoms with van der Waals surface area (Å²) < 4.78 is 22.9. The Bertz CT molecular complexity index is 708. The molecule has 21 heavy (non-hydrogen) atoms. The van der Waals surface area contributed by atoms with Crippen LogP contribution in [0.25, 0.3) is 0 Å². The zero-order valence-electron chi connectivity index (χ0n) is 11.7. The molecule has 2 aromatic rings. The van der Waals surface area contributed by atoms with Gasteiger partial charge in [-0.1, -0.05) is 19.1 Å². The summed E-state index contributed by atoms with van der Waals surface area (Å²) in [4.78, 5) is 12.2. The molecule has 2 rings (SSSR count). The Hall–Kier alpha value is -2.22. The van der Waals surface area contributed by atoms with Crippen molar-refractivity contribution in [2.75, 3.05) is 6.26 Å². The molecule has 112 valence electrons. The van der Waals surface area contributed by atoms with Gasteiger partial charge in [-0.25, -0.2) is 8.42 Å². The first-order valence-electron chi connectivity index (χ1n) is 6.38. The van der Waals surface area contributed by atoms with E-state index in [1.54, 1.807) is 12.1 Å². The van der Waals surface area contributed by atoms with E-state index in [1.807, 2.05) is 6.92 Å². The van der Waals surface area contributed by atoms with Gasteiger partial charge in [0.15, 0.2) is 15.5 Å². The quantitative estimate of drug-likeness (QED) is 0.860. The van der Waals surface area contributed by atoms with Crippen LogP contribution in [0.1, 0.15) is 35.4 Å². The smallest absolute Gasteiger partial charge is 0.273 e. The molecule has 7 nitrogen and oxygen atoms in total. The van der Waals surface area contributed by atoms with Gasteiger partial charge in [-0.3, -0.25) is 4.79 Å². The standard InChI is InChI=1S/C13H16N4O3S/c1-3-11(15-13(18)12-8-14-17-16-12)9-4-6-10(7-5-9)21(2,19)20/h4-8,11H,3H2,1-2H3,(H,15,18)(H,14,16,17). The molecule has 0 aliphatic carbocycles. The van der Waals surface area contributed by atoms with Crippen molar-refractivity contribution >= 4 is 15.7 Å². The Morgan fingerprint density at radius 1 is 1.33 bits per heavy atom. The van der Waals surface area contributed by atoms with Crippen LogP contribution in [-0.2, 0) is 9.84 Å². The summed E-state index contributed by atoms with van der Waals surface area (Å²) in [6.07, 6.45) is 3.17. The molecule has 0 spiro atoms. The van der Waals surface area contributed by atoms with Crippen molar-refractivity contribution in [2.24, 2.45) is 0 Å². The van der Waals surface area contributed by atoms with E-state index in [0.717, 1.165) is 11.8 Å². The molecule has 1 amide bonds. The summed E-state index contributed by atoms with van der Waals surface area (Å²) in [7, 11) is -3.22. The average molecular weight is 308 g/mol. The minimum atomic E-state index is -3.22. The fourth-order valence-corrected chi connectivity index (χ4v) is 2.54. The first-order valence-corrected chi connectivity index (χ1v) is 8.27. The summed E-state index contributed by atoms with van der Waals surface area (Å²) >= 11 is 0. The summed E-state index contributed by atoms with van der Waals surface area (Å²) in [6, 6.07) is 6.26. The molecule has 1 aromatic heterocycles. The minimum Gasteiger partial charge on any atom is -0.344 e. The molecule has 0 fully saturated rings. The Balaban J connectivity index is 2.16. The molecule has 0 aliphatic rings. The number of nitrogens with zero attached hydrogens (tertiary/aromatic N) is 2. The number of sulfone groups is 1. The molecule has 0 saturated carbocycles. The zero-order chi connectivity index (χ0) is 15.5. The van der Waals surface area contributed by atoms with Gasteiger partial charge < -0.3 is 5.32 Å². The molecule has 1 atom stereocenters. The maximum Gasteiger partial charge on any atom is 0.273 e. The molecule has 2 N–H and O–H groups in total. The fraction of sp³-hybridized carbons (Fsp3) is 0.308. The Morgan fingerprint density at radius 2 is 2.00 bits per heavy atom. The largest absolute Gasteiger partial charge is 0.344 e. The van der Waals surface area contributed by atoms with Crippen LogP contribution in [0.4, 0.5) is 0 Å². The van der Waals surface area contributed by atoms with E-state index >= 15 is 0 Å². The van der Waals surface area contributed by atoms with Gasteiger partial charge >= 0.3 is 0 Å². The van der Waals surface area contributed by atoms with Crippen LogP contribution in [-0.4, -0.2) is 36.0 Å². The van der Waals surface area contributed by atoms with Gasteiger partial charge in [0.2, 0.25) is 0 Å². The second-order valence-corrected chi connectivity index (χ2v) is 6.65. The lowest BCUT2D eigenvalue weighted by Gasteiger charge is -2.17. The maximum atomic E-state index is 11.9. The number of amides is 1. The molecule has 0 bridgehead atoms. The van der Waals surface area contributed by atoms with Crippen molar-refractivity contribution in [2.45, 2.75) is 24.3 Å². The lowest BCUT2D eigenvalue weighted by molar-refractivity contribution is 0.0930. The highest BCUT2D eigenvalue weighted by Gasteiger charge is 2.16. The fourth-order valence-electron chi connectivity index (χ4n) is 1.91. The molecule has 1 heterocycles. The second-order valence-electron chi connectivity index (χ2n) is 4.63. The zero-order valence-corrected chi connectivity index (χ0v) is 12.5. The number of carbonyl (C=O) groups is 1. The van der Waals surface area contributed by atoms with Gasteiger partial charge in [-0.05, 0) is 24.1 Å². The normalized spacial score (nSPS) is 12.9. The van der Waals surface area contributed by atoms with Gasteiger partial charge in [-0.15, -0.1) is 0 Å². The van der Waals surface area contributed by atoms with E-state index in [1.165, 1.54) is 18.3 Å². The summed E-state index contributed by atoms with van der Waals surface area (Å²) in [6.45, 7) is 1.93.